The summed E-state index contributed by atoms with van der Waals surface area (Å²) in [4.78, 5) is 25.0. The van der Waals surface area contributed by atoms with Gasteiger partial charge in [-0.3, -0.25) is 9.59 Å². The molecule has 0 aliphatic carbocycles. The first-order chi connectivity index (χ1) is 23.6. The molecule has 0 spiro atoms. The largest absolute Gasteiger partial charge is 0.462 e. The molecule has 0 rings (SSSR count). The summed E-state index contributed by atoms with van der Waals surface area (Å²) in [7, 11) is 0. The van der Waals surface area contributed by atoms with Crippen molar-refractivity contribution in [1.29, 1.82) is 0 Å². The van der Waals surface area contributed by atoms with Crippen LogP contribution in [-0.4, -0.2) is 37.9 Å². The van der Waals surface area contributed by atoms with E-state index in [1.807, 2.05) is 0 Å². The molecule has 0 fully saturated rings. The van der Waals surface area contributed by atoms with Gasteiger partial charge in [-0.25, -0.2) is 0 Å². The lowest BCUT2D eigenvalue weighted by molar-refractivity contribution is -0.163. The molecule has 0 heterocycles. The van der Waals surface area contributed by atoms with Gasteiger partial charge in [0.2, 0.25) is 0 Å². The smallest absolute Gasteiger partial charge is 0.306 e. The zero-order chi connectivity index (χ0) is 35.0. The van der Waals surface area contributed by atoms with Crippen molar-refractivity contribution >= 4 is 11.9 Å². The van der Waals surface area contributed by atoms with Crippen molar-refractivity contribution in [3.63, 3.8) is 0 Å². The first-order valence-corrected chi connectivity index (χ1v) is 21.6. The van der Waals surface area contributed by atoms with Gasteiger partial charge < -0.3 is 14.2 Å². The van der Waals surface area contributed by atoms with E-state index < -0.39 is 6.10 Å². The van der Waals surface area contributed by atoms with Crippen molar-refractivity contribution in [2.75, 3.05) is 19.8 Å². The zero-order valence-electron chi connectivity index (χ0n) is 32.8. The Kier molecular flexibility index (Phi) is 39.4. The number of hydrogen-bond donors (Lipinski definition) is 0. The number of carbonyl (C=O) groups is 2. The Bertz CT molecular complexity index is 651. The van der Waals surface area contributed by atoms with Gasteiger partial charge in [0.15, 0.2) is 6.10 Å². The fourth-order valence-electron chi connectivity index (χ4n) is 6.39. The van der Waals surface area contributed by atoms with Gasteiger partial charge >= 0.3 is 11.9 Å². The van der Waals surface area contributed by atoms with E-state index in [9.17, 15) is 9.59 Å². The molecule has 0 aromatic rings. The average Bonchev–Trinajstić information content (AvgIpc) is 3.08. The standard InChI is InChI=1S/C43H84O5/c1-4-7-10-13-16-18-19-20-21-22-23-24-26-29-32-35-38-46-39-41(48-43(45)37-34-31-27-15-12-9-6-3)40-47-42(44)36-33-30-28-25-17-14-11-8-5-2/h41H,4-40H2,1-3H3. The summed E-state index contributed by atoms with van der Waals surface area (Å²) < 4.78 is 17.2. The minimum absolute atomic E-state index is 0.0952. The van der Waals surface area contributed by atoms with E-state index in [2.05, 4.69) is 20.8 Å². The maximum absolute atomic E-state index is 12.6. The van der Waals surface area contributed by atoms with Gasteiger partial charge in [-0.1, -0.05) is 207 Å². The van der Waals surface area contributed by atoms with Gasteiger partial charge in [0.25, 0.3) is 0 Å². The van der Waals surface area contributed by atoms with Crippen LogP contribution in [0.2, 0.25) is 0 Å². The molecule has 0 radical (unpaired) electrons. The summed E-state index contributed by atoms with van der Waals surface area (Å²) in [5.41, 5.74) is 0. The van der Waals surface area contributed by atoms with E-state index in [0.717, 1.165) is 32.1 Å². The highest BCUT2D eigenvalue weighted by molar-refractivity contribution is 5.70. The van der Waals surface area contributed by atoms with Crippen LogP contribution >= 0.6 is 0 Å². The molecule has 0 saturated heterocycles. The zero-order valence-corrected chi connectivity index (χ0v) is 32.8. The summed E-state index contributed by atoms with van der Waals surface area (Å²) >= 11 is 0. The molecular weight excluding hydrogens is 596 g/mol. The van der Waals surface area contributed by atoms with Gasteiger partial charge in [0, 0.05) is 19.4 Å². The first kappa shape index (κ1) is 46.9. The van der Waals surface area contributed by atoms with Crippen LogP contribution in [0.3, 0.4) is 0 Å². The normalized spacial score (nSPS) is 12.0. The van der Waals surface area contributed by atoms with E-state index in [4.69, 9.17) is 14.2 Å². The quantitative estimate of drug-likeness (QED) is 0.0476. The van der Waals surface area contributed by atoms with Gasteiger partial charge in [0.05, 0.1) is 6.61 Å². The van der Waals surface area contributed by atoms with Crippen molar-refractivity contribution in [3.8, 4) is 0 Å². The number of rotatable bonds is 40. The van der Waals surface area contributed by atoms with Gasteiger partial charge in [-0.15, -0.1) is 0 Å². The molecule has 0 N–H and O–H groups in total. The van der Waals surface area contributed by atoms with Crippen LogP contribution in [0.5, 0.6) is 0 Å². The van der Waals surface area contributed by atoms with Crippen LogP contribution in [-0.2, 0) is 23.8 Å². The summed E-state index contributed by atoms with van der Waals surface area (Å²) in [6, 6.07) is 0. The minimum atomic E-state index is -0.518. The number of ether oxygens (including phenoxy) is 3. The van der Waals surface area contributed by atoms with Crippen LogP contribution in [0.15, 0.2) is 0 Å². The highest BCUT2D eigenvalue weighted by Crippen LogP contribution is 2.15. The summed E-state index contributed by atoms with van der Waals surface area (Å²) in [5, 5.41) is 0. The Morgan fingerprint density at radius 3 is 1.06 bits per heavy atom. The fraction of sp³-hybridized carbons (Fsp3) is 0.953. The molecule has 1 atom stereocenters. The van der Waals surface area contributed by atoms with E-state index in [-0.39, 0.29) is 18.5 Å². The monoisotopic (exact) mass is 681 g/mol. The molecule has 0 aliphatic heterocycles. The molecule has 0 saturated carbocycles. The molecule has 5 heteroatoms. The molecule has 0 aliphatic rings. The van der Waals surface area contributed by atoms with Crippen molar-refractivity contribution in [2.24, 2.45) is 0 Å². The molecule has 1 unspecified atom stereocenters. The SMILES string of the molecule is CCCCCCCCCCCCCCCCCCOCC(COC(=O)CCCCCCCCCCC)OC(=O)CCCCCCCCC. The summed E-state index contributed by atoms with van der Waals surface area (Å²) in [6.07, 6.45) is 41.1. The third kappa shape index (κ3) is 37.7. The molecule has 48 heavy (non-hydrogen) atoms. The predicted octanol–water partition coefficient (Wildman–Crippen LogP) is 13.8. The van der Waals surface area contributed by atoms with Gasteiger partial charge in [-0.2, -0.15) is 0 Å². The van der Waals surface area contributed by atoms with Gasteiger partial charge in [0.1, 0.15) is 6.61 Å². The topological polar surface area (TPSA) is 61.8 Å². The fourth-order valence-corrected chi connectivity index (χ4v) is 6.39. The van der Waals surface area contributed by atoms with Crippen LogP contribution in [0.25, 0.3) is 0 Å². The molecule has 0 amide bonds. The van der Waals surface area contributed by atoms with E-state index in [1.54, 1.807) is 0 Å². The molecule has 286 valence electrons. The van der Waals surface area contributed by atoms with Crippen LogP contribution < -0.4 is 0 Å². The van der Waals surface area contributed by atoms with Crippen LogP contribution in [0.4, 0.5) is 0 Å². The van der Waals surface area contributed by atoms with Crippen LogP contribution in [0.1, 0.15) is 239 Å². The average molecular weight is 681 g/mol. The second-order valence-corrected chi connectivity index (χ2v) is 14.6. The maximum atomic E-state index is 12.6. The van der Waals surface area contributed by atoms with Crippen molar-refractivity contribution in [3.05, 3.63) is 0 Å². The number of hydrogen-bond acceptors (Lipinski definition) is 5. The predicted molar refractivity (Wildman–Crippen MR) is 206 cm³/mol. The van der Waals surface area contributed by atoms with Crippen molar-refractivity contribution in [2.45, 2.75) is 245 Å². The maximum Gasteiger partial charge on any atom is 0.306 e. The molecular formula is C43H84O5. The molecule has 0 aromatic heterocycles. The Hall–Kier alpha value is -1.10. The lowest BCUT2D eigenvalue weighted by Crippen LogP contribution is -2.30. The lowest BCUT2D eigenvalue weighted by Gasteiger charge is -2.18. The number of carbonyl (C=O) groups excluding carboxylic acids is 2. The van der Waals surface area contributed by atoms with Gasteiger partial charge in [-0.05, 0) is 19.3 Å². The van der Waals surface area contributed by atoms with E-state index >= 15 is 0 Å². The molecule has 0 aromatic carbocycles. The second-order valence-electron chi connectivity index (χ2n) is 14.6. The Morgan fingerprint density at radius 2 is 0.688 bits per heavy atom. The van der Waals surface area contributed by atoms with E-state index in [0.29, 0.717) is 26.1 Å². The van der Waals surface area contributed by atoms with Crippen LogP contribution in [0, 0.1) is 0 Å². The third-order valence-electron chi connectivity index (χ3n) is 9.64. The lowest BCUT2D eigenvalue weighted by atomic mass is 10.0. The third-order valence-corrected chi connectivity index (χ3v) is 9.64. The second kappa shape index (κ2) is 40.3. The highest BCUT2D eigenvalue weighted by Gasteiger charge is 2.17. The first-order valence-electron chi connectivity index (χ1n) is 21.6. The highest BCUT2D eigenvalue weighted by atomic mass is 16.6. The Labute approximate surface area is 300 Å². The minimum Gasteiger partial charge on any atom is -0.462 e. The number of esters is 2. The molecule has 0 bridgehead atoms. The Morgan fingerprint density at radius 1 is 0.375 bits per heavy atom. The summed E-state index contributed by atoms with van der Waals surface area (Å²) in [6.45, 7) is 7.82. The number of unbranched alkanes of at least 4 members (excludes halogenated alkanes) is 29. The van der Waals surface area contributed by atoms with E-state index in [1.165, 1.54) is 173 Å². The summed E-state index contributed by atoms with van der Waals surface area (Å²) in [5.74, 6) is -0.390. The van der Waals surface area contributed by atoms with Crippen molar-refractivity contribution < 1.29 is 23.8 Å². The van der Waals surface area contributed by atoms with Crippen molar-refractivity contribution in [1.82, 2.24) is 0 Å². The molecule has 5 nitrogen and oxygen atoms in total. The Balaban J connectivity index is 4.07.